The van der Waals surface area contributed by atoms with Crippen molar-refractivity contribution in [1.82, 2.24) is 4.90 Å². The Bertz CT molecular complexity index is 764. The van der Waals surface area contributed by atoms with Crippen LogP contribution in [0, 0.1) is 17.8 Å². The van der Waals surface area contributed by atoms with Gasteiger partial charge in [0.05, 0.1) is 0 Å². The Kier molecular flexibility index (Phi) is 11.0. The summed E-state index contributed by atoms with van der Waals surface area (Å²) in [7, 11) is 0. The summed E-state index contributed by atoms with van der Waals surface area (Å²) < 4.78 is 0. The second kappa shape index (κ2) is 13.3. The molecule has 1 fully saturated rings. The van der Waals surface area contributed by atoms with Crippen molar-refractivity contribution in [2.24, 2.45) is 5.92 Å². The van der Waals surface area contributed by atoms with E-state index < -0.39 is 0 Å². The van der Waals surface area contributed by atoms with E-state index in [1.165, 1.54) is 0 Å². The molecule has 1 saturated heterocycles. The summed E-state index contributed by atoms with van der Waals surface area (Å²) in [6.45, 7) is 9.22. The fourth-order valence-electron chi connectivity index (χ4n) is 2.87. The summed E-state index contributed by atoms with van der Waals surface area (Å²) in [5.74, 6) is 5.62. The lowest BCUT2D eigenvalue weighted by Crippen LogP contribution is -2.40. The van der Waals surface area contributed by atoms with Gasteiger partial charge >= 0.3 is 0 Å². The Morgan fingerprint density at radius 3 is 1.86 bits per heavy atom. The highest BCUT2D eigenvalue weighted by Gasteiger charge is 2.26. The van der Waals surface area contributed by atoms with Crippen LogP contribution in [0.1, 0.15) is 56.5 Å². The predicted octanol–water partition coefficient (Wildman–Crippen LogP) is 5.21. The van der Waals surface area contributed by atoms with Crippen LogP contribution >= 0.6 is 0 Å². The Morgan fingerprint density at radius 2 is 1.32 bits per heavy atom. The molecule has 3 heteroatoms. The van der Waals surface area contributed by atoms with Gasteiger partial charge in [-0.05, 0) is 43.0 Å². The number of rotatable bonds is 2. The Morgan fingerprint density at radius 1 is 0.821 bits per heavy atom. The molecule has 0 radical (unpaired) electrons. The Hall–Kier alpha value is -2.86. The van der Waals surface area contributed by atoms with Gasteiger partial charge in [-0.3, -0.25) is 9.59 Å². The number of nitrogens with zero attached hydrogens (tertiary/aromatic N) is 1. The molecule has 1 aliphatic heterocycles. The maximum Gasteiger partial charge on any atom is 0.253 e. The first-order valence-corrected chi connectivity index (χ1v) is 10.2. The zero-order valence-corrected chi connectivity index (χ0v) is 17.4. The van der Waals surface area contributed by atoms with Crippen LogP contribution in [0.3, 0.4) is 0 Å². The molecule has 0 aromatic heterocycles. The van der Waals surface area contributed by atoms with Gasteiger partial charge in [-0.1, -0.05) is 70.0 Å². The van der Waals surface area contributed by atoms with Crippen LogP contribution in [0.25, 0.3) is 0 Å². The van der Waals surface area contributed by atoms with E-state index in [0.29, 0.717) is 31.5 Å². The van der Waals surface area contributed by atoms with Crippen LogP contribution in [0.2, 0.25) is 0 Å². The monoisotopic (exact) mass is 377 g/mol. The van der Waals surface area contributed by atoms with E-state index in [1.54, 1.807) is 0 Å². The molecule has 0 bridgehead atoms. The highest BCUT2D eigenvalue weighted by atomic mass is 16.2. The molecule has 0 unspecified atom stereocenters. The van der Waals surface area contributed by atoms with Gasteiger partial charge < -0.3 is 4.90 Å². The fourth-order valence-corrected chi connectivity index (χ4v) is 2.87. The smallest absolute Gasteiger partial charge is 0.253 e. The van der Waals surface area contributed by atoms with Gasteiger partial charge in [-0.2, -0.15) is 0 Å². The van der Waals surface area contributed by atoms with Crippen molar-refractivity contribution in [3.05, 3.63) is 71.8 Å². The number of ketones is 1. The molecule has 0 spiro atoms. The third kappa shape index (κ3) is 7.04. The van der Waals surface area contributed by atoms with E-state index in [9.17, 15) is 9.59 Å². The van der Waals surface area contributed by atoms with Gasteiger partial charge in [0.2, 0.25) is 5.78 Å². The molecular weight excluding hydrogens is 346 g/mol. The molecule has 1 heterocycles. The average Bonchev–Trinajstić information content (AvgIpc) is 2.81. The first kappa shape index (κ1) is 23.2. The van der Waals surface area contributed by atoms with E-state index in [-0.39, 0.29) is 17.6 Å². The van der Waals surface area contributed by atoms with Crippen molar-refractivity contribution in [1.29, 1.82) is 0 Å². The highest BCUT2D eigenvalue weighted by Crippen LogP contribution is 2.19. The molecule has 0 N–H and O–H groups in total. The number of Topliss-reactive ketones (excluding diaryl/α,β-unsaturated/α-hetero) is 1. The van der Waals surface area contributed by atoms with Crippen LogP contribution in [0.5, 0.6) is 0 Å². The van der Waals surface area contributed by atoms with Gasteiger partial charge in [0.15, 0.2) is 0 Å². The fraction of sp³-hybridized carbons (Fsp3) is 0.360. The molecule has 0 atom stereocenters. The first-order chi connectivity index (χ1) is 13.7. The average molecular weight is 378 g/mol. The van der Waals surface area contributed by atoms with Crippen molar-refractivity contribution in [3.8, 4) is 11.8 Å². The van der Waals surface area contributed by atoms with Crippen molar-refractivity contribution in [2.75, 3.05) is 13.1 Å². The first-order valence-electron chi connectivity index (χ1n) is 10.2. The third-order valence-electron chi connectivity index (χ3n) is 4.28. The van der Waals surface area contributed by atoms with Crippen molar-refractivity contribution < 1.29 is 9.59 Å². The molecule has 0 saturated carbocycles. The SMILES string of the molecule is CC.CC.O=C(C#Cc1ccccc1)C1CCN(C(=O)c2ccccc2)CC1. The van der Waals surface area contributed by atoms with Crippen LogP contribution in [0.4, 0.5) is 0 Å². The number of carbonyl (C=O) groups excluding carboxylic acids is 2. The summed E-state index contributed by atoms with van der Waals surface area (Å²) in [5, 5.41) is 0. The van der Waals surface area contributed by atoms with Crippen LogP contribution < -0.4 is 0 Å². The molecule has 1 aliphatic rings. The van der Waals surface area contributed by atoms with E-state index in [2.05, 4.69) is 11.8 Å². The van der Waals surface area contributed by atoms with Crippen molar-refractivity contribution in [3.63, 3.8) is 0 Å². The van der Waals surface area contributed by atoms with E-state index in [1.807, 2.05) is 93.3 Å². The number of carbonyl (C=O) groups is 2. The standard InChI is InChI=1S/C21H19NO2.2C2H6/c23-20(12-11-17-7-3-1-4-8-17)18-13-15-22(16-14-18)21(24)19-9-5-2-6-10-19;2*1-2/h1-10,18H,13-16H2;2*1-2H3. The van der Waals surface area contributed by atoms with Gasteiger partial charge in [0, 0.05) is 30.1 Å². The predicted molar refractivity (Wildman–Crippen MR) is 116 cm³/mol. The van der Waals surface area contributed by atoms with Crippen LogP contribution in [-0.2, 0) is 4.79 Å². The van der Waals surface area contributed by atoms with Crippen molar-refractivity contribution >= 4 is 11.7 Å². The van der Waals surface area contributed by atoms with Gasteiger partial charge in [0.25, 0.3) is 5.91 Å². The summed E-state index contributed by atoms with van der Waals surface area (Å²) in [4.78, 5) is 26.5. The lowest BCUT2D eigenvalue weighted by Gasteiger charge is -2.30. The molecule has 148 valence electrons. The number of hydrogen-bond donors (Lipinski definition) is 0. The quantitative estimate of drug-likeness (QED) is 0.674. The van der Waals surface area contributed by atoms with Crippen LogP contribution in [0.15, 0.2) is 60.7 Å². The second-order valence-corrected chi connectivity index (χ2v) is 5.91. The molecule has 1 amide bonds. The molecule has 28 heavy (non-hydrogen) atoms. The highest BCUT2D eigenvalue weighted by molar-refractivity contribution is 5.98. The van der Waals surface area contributed by atoms with E-state index >= 15 is 0 Å². The lowest BCUT2D eigenvalue weighted by atomic mass is 9.92. The third-order valence-corrected chi connectivity index (χ3v) is 4.28. The maximum absolute atomic E-state index is 12.4. The molecular formula is C25H31NO2. The number of amides is 1. The summed E-state index contributed by atoms with van der Waals surface area (Å²) in [5.41, 5.74) is 1.55. The number of piperidine rings is 1. The van der Waals surface area contributed by atoms with Crippen molar-refractivity contribution in [2.45, 2.75) is 40.5 Å². The van der Waals surface area contributed by atoms with Crippen LogP contribution in [-0.4, -0.2) is 29.7 Å². The topological polar surface area (TPSA) is 37.4 Å². The van der Waals surface area contributed by atoms with E-state index in [0.717, 1.165) is 5.56 Å². The number of benzene rings is 2. The summed E-state index contributed by atoms with van der Waals surface area (Å²) in [6.07, 6.45) is 1.36. The molecule has 3 rings (SSSR count). The molecule has 0 aliphatic carbocycles. The minimum absolute atomic E-state index is 0.0225. The largest absolute Gasteiger partial charge is 0.339 e. The number of hydrogen-bond acceptors (Lipinski definition) is 2. The lowest BCUT2D eigenvalue weighted by molar-refractivity contribution is -0.118. The Labute approximate surface area is 169 Å². The minimum Gasteiger partial charge on any atom is -0.339 e. The van der Waals surface area contributed by atoms with Gasteiger partial charge in [-0.25, -0.2) is 0 Å². The zero-order valence-electron chi connectivity index (χ0n) is 17.4. The van der Waals surface area contributed by atoms with Gasteiger partial charge in [-0.15, -0.1) is 0 Å². The molecule has 3 nitrogen and oxygen atoms in total. The zero-order chi connectivity index (χ0) is 20.8. The summed E-state index contributed by atoms with van der Waals surface area (Å²) in [6, 6.07) is 18.8. The normalized spacial score (nSPS) is 12.9. The number of likely N-dealkylation sites (tertiary alicyclic amines) is 1. The molecule has 2 aromatic rings. The summed E-state index contributed by atoms with van der Waals surface area (Å²) >= 11 is 0. The molecule has 2 aromatic carbocycles. The maximum atomic E-state index is 12.4. The minimum atomic E-state index is -0.0685. The van der Waals surface area contributed by atoms with E-state index in [4.69, 9.17) is 0 Å². The van der Waals surface area contributed by atoms with Gasteiger partial charge in [0.1, 0.15) is 0 Å². The Balaban J connectivity index is 0.000000921. The second-order valence-electron chi connectivity index (χ2n) is 5.91.